The van der Waals surface area contributed by atoms with Gasteiger partial charge in [-0.05, 0) is 32.2 Å². The average Bonchev–Trinajstić information content (AvgIpc) is 2.48. The molecule has 0 bridgehead atoms. The normalized spacial score (nSPS) is 23.3. The first-order chi connectivity index (χ1) is 9.89. The molecule has 0 amide bonds. The van der Waals surface area contributed by atoms with E-state index in [-0.39, 0.29) is 23.6 Å². The summed E-state index contributed by atoms with van der Waals surface area (Å²) in [6.07, 6.45) is -0.263. The molecule has 1 heterocycles. The van der Waals surface area contributed by atoms with Crippen molar-refractivity contribution in [2.45, 2.75) is 24.0 Å². The number of sulfonamides is 1. The highest BCUT2D eigenvalue weighted by atomic mass is 32.2. The van der Waals surface area contributed by atoms with E-state index in [0.29, 0.717) is 18.8 Å². The Morgan fingerprint density at radius 2 is 2.24 bits per heavy atom. The van der Waals surface area contributed by atoms with E-state index in [1.54, 1.807) is 6.07 Å². The van der Waals surface area contributed by atoms with Gasteiger partial charge >= 0.3 is 0 Å². The number of nitrogens with zero attached hydrogens (tertiary/aromatic N) is 1. The van der Waals surface area contributed by atoms with Crippen molar-refractivity contribution >= 4 is 21.4 Å². The molecule has 1 fully saturated rings. The second kappa shape index (κ2) is 6.18. The number of anilines is 2. The Morgan fingerprint density at radius 1 is 1.52 bits per heavy atom. The number of hydrogen-bond donors (Lipinski definition) is 3. The van der Waals surface area contributed by atoms with Gasteiger partial charge in [0.25, 0.3) is 0 Å². The zero-order valence-corrected chi connectivity index (χ0v) is 12.9. The van der Waals surface area contributed by atoms with Gasteiger partial charge in [0.15, 0.2) is 0 Å². The minimum atomic E-state index is -3.51. The number of morpholine rings is 1. The number of hydrogen-bond acceptors (Lipinski definition) is 6. The third-order valence-corrected chi connectivity index (χ3v) is 5.01. The van der Waals surface area contributed by atoms with E-state index in [1.807, 2.05) is 11.8 Å². The number of nitrogen functional groups attached to an aromatic ring is 1. The molecule has 8 heteroatoms. The van der Waals surface area contributed by atoms with Crippen LogP contribution in [0.25, 0.3) is 0 Å². The Balaban J connectivity index is 2.32. The molecule has 118 valence electrons. The van der Waals surface area contributed by atoms with Gasteiger partial charge in [-0.2, -0.15) is 0 Å². The van der Waals surface area contributed by atoms with Crippen LogP contribution in [-0.2, 0) is 14.8 Å². The van der Waals surface area contributed by atoms with Crippen LogP contribution in [0.15, 0.2) is 23.1 Å². The molecular weight excluding hydrogens is 294 g/mol. The molecular formula is C13H21N3O4S. The fourth-order valence-corrected chi connectivity index (χ4v) is 3.11. The second-order valence-electron chi connectivity index (χ2n) is 5.07. The van der Waals surface area contributed by atoms with Crippen molar-refractivity contribution in [2.75, 3.05) is 37.4 Å². The van der Waals surface area contributed by atoms with Crippen molar-refractivity contribution in [3.63, 3.8) is 0 Å². The number of nitrogens with two attached hydrogens (primary N) is 1. The molecule has 0 aliphatic carbocycles. The lowest BCUT2D eigenvalue weighted by atomic mass is 10.1. The molecule has 1 aliphatic heterocycles. The smallest absolute Gasteiger partial charge is 0.240 e. The Morgan fingerprint density at radius 3 is 2.81 bits per heavy atom. The van der Waals surface area contributed by atoms with Gasteiger partial charge in [0.2, 0.25) is 10.0 Å². The Labute approximate surface area is 124 Å². The lowest BCUT2D eigenvalue weighted by Crippen LogP contribution is -2.49. The fraction of sp³-hybridized carbons (Fsp3) is 0.538. The largest absolute Gasteiger partial charge is 0.397 e. The molecule has 0 aromatic heterocycles. The monoisotopic (exact) mass is 315 g/mol. The standard InChI is InChI=1S/C13H21N3O4S/c1-9-8-20-10(7-17)6-16(9)13-4-3-11(5-12(13)14)21(18,19)15-2/h3-5,9-10,15,17H,6-8,14H2,1-2H3. The van der Waals surface area contributed by atoms with Gasteiger partial charge in [0.05, 0.1) is 35.6 Å². The zero-order valence-electron chi connectivity index (χ0n) is 12.1. The molecule has 7 nitrogen and oxygen atoms in total. The fourth-order valence-electron chi connectivity index (χ4n) is 2.34. The molecule has 4 N–H and O–H groups in total. The van der Waals surface area contributed by atoms with E-state index in [0.717, 1.165) is 5.69 Å². The van der Waals surface area contributed by atoms with Gasteiger partial charge in [-0.15, -0.1) is 0 Å². The Kier molecular flexibility index (Phi) is 4.72. The summed E-state index contributed by atoms with van der Waals surface area (Å²) >= 11 is 0. The van der Waals surface area contributed by atoms with Crippen LogP contribution in [0.4, 0.5) is 11.4 Å². The molecule has 1 aromatic rings. The SMILES string of the molecule is CNS(=O)(=O)c1ccc(N2CC(CO)OCC2C)c(N)c1. The lowest BCUT2D eigenvalue weighted by molar-refractivity contribution is -0.0102. The van der Waals surface area contributed by atoms with E-state index in [1.165, 1.54) is 19.2 Å². The highest BCUT2D eigenvalue weighted by Gasteiger charge is 2.27. The summed E-state index contributed by atoms with van der Waals surface area (Å²) in [4.78, 5) is 2.15. The summed E-state index contributed by atoms with van der Waals surface area (Å²) in [6, 6.07) is 4.75. The Bertz CT molecular complexity index is 605. The molecule has 2 rings (SSSR count). The molecule has 2 unspecified atom stereocenters. The zero-order chi connectivity index (χ0) is 15.6. The van der Waals surface area contributed by atoms with Crippen molar-refractivity contribution < 1.29 is 18.3 Å². The number of ether oxygens (including phenoxy) is 1. The summed E-state index contributed by atoms with van der Waals surface area (Å²) in [5, 5.41) is 9.22. The first-order valence-corrected chi connectivity index (χ1v) is 8.19. The third kappa shape index (κ3) is 3.29. The maximum Gasteiger partial charge on any atom is 0.240 e. The minimum Gasteiger partial charge on any atom is -0.397 e. The molecule has 0 saturated carbocycles. The topological polar surface area (TPSA) is 105 Å². The van der Waals surface area contributed by atoms with Crippen molar-refractivity contribution in [3.05, 3.63) is 18.2 Å². The number of aliphatic hydroxyl groups is 1. The first kappa shape index (κ1) is 16.0. The Hall–Kier alpha value is -1.35. The summed E-state index contributed by atoms with van der Waals surface area (Å²) in [6.45, 7) is 2.93. The number of benzene rings is 1. The maximum atomic E-state index is 11.8. The van der Waals surface area contributed by atoms with Crippen molar-refractivity contribution in [3.8, 4) is 0 Å². The molecule has 1 aromatic carbocycles. The quantitative estimate of drug-likeness (QED) is 0.663. The van der Waals surface area contributed by atoms with Gasteiger partial charge in [0, 0.05) is 12.6 Å². The van der Waals surface area contributed by atoms with E-state index in [2.05, 4.69) is 4.72 Å². The summed E-state index contributed by atoms with van der Waals surface area (Å²) < 4.78 is 31.3. The lowest BCUT2D eigenvalue weighted by Gasteiger charge is -2.39. The molecule has 0 radical (unpaired) electrons. The number of aliphatic hydroxyl groups excluding tert-OH is 1. The second-order valence-corrected chi connectivity index (χ2v) is 6.95. The van der Waals surface area contributed by atoms with Crippen LogP contribution < -0.4 is 15.4 Å². The van der Waals surface area contributed by atoms with Crippen LogP contribution >= 0.6 is 0 Å². The first-order valence-electron chi connectivity index (χ1n) is 6.71. The van der Waals surface area contributed by atoms with Crippen LogP contribution in [0, 0.1) is 0 Å². The van der Waals surface area contributed by atoms with Gasteiger partial charge in [0.1, 0.15) is 0 Å². The predicted octanol–water partition coefficient (Wildman–Crippen LogP) is -0.237. The molecule has 0 spiro atoms. The highest BCUT2D eigenvalue weighted by molar-refractivity contribution is 7.89. The van der Waals surface area contributed by atoms with Crippen molar-refractivity contribution in [2.24, 2.45) is 0 Å². The van der Waals surface area contributed by atoms with Crippen LogP contribution in [0.2, 0.25) is 0 Å². The van der Waals surface area contributed by atoms with Crippen LogP contribution in [0.1, 0.15) is 6.92 Å². The molecule has 1 saturated heterocycles. The van der Waals surface area contributed by atoms with Crippen LogP contribution in [0.5, 0.6) is 0 Å². The predicted molar refractivity (Wildman–Crippen MR) is 80.7 cm³/mol. The van der Waals surface area contributed by atoms with Gasteiger partial charge < -0.3 is 20.5 Å². The maximum absolute atomic E-state index is 11.8. The highest BCUT2D eigenvalue weighted by Crippen LogP contribution is 2.29. The van der Waals surface area contributed by atoms with Crippen LogP contribution in [0.3, 0.4) is 0 Å². The minimum absolute atomic E-state index is 0.0602. The van der Waals surface area contributed by atoms with Gasteiger partial charge in [-0.1, -0.05) is 0 Å². The molecule has 2 atom stereocenters. The van der Waals surface area contributed by atoms with E-state index >= 15 is 0 Å². The summed E-state index contributed by atoms with van der Waals surface area (Å²) in [5.41, 5.74) is 7.15. The third-order valence-electron chi connectivity index (χ3n) is 3.60. The van der Waals surface area contributed by atoms with Crippen molar-refractivity contribution in [1.82, 2.24) is 4.72 Å². The summed E-state index contributed by atoms with van der Waals surface area (Å²) in [5.74, 6) is 0. The molecule has 1 aliphatic rings. The van der Waals surface area contributed by atoms with Crippen LogP contribution in [-0.4, -0.2) is 52.5 Å². The summed E-state index contributed by atoms with van der Waals surface area (Å²) in [7, 11) is -2.15. The van der Waals surface area contributed by atoms with Gasteiger partial charge in [-0.25, -0.2) is 13.1 Å². The number of rotatable bonds is 4. The van der Waals surface area contributed by atoms with Gasteiger partial charge in [-0.3, -0.25) is 0 Å². The van der Waals surface area contributed by atoms with E-state index in [4.69, 9.17) is 10.5 Å². The van der Waals surface area contributed by atoms with Crippen molar-refractivity contribution in [1.29, 1.82) is 0 Å². The molecule has 21 heavy (non-hydrogen) atoms. The van der Waals surface area contributed by atoms with E-state index in [9.17, 15) is 13.5 Å². The average molecular weight is 315 g/mol. The van der Waals surface area contributed by atoms with E-state index < -0.39 is 10.0 Å². The number of nitrogens with one attached hydrogen (secondary N) is 1.